The molecule has 1 aromatic carbocycles. The molecule has 1 saturated carbocycles. The van der Waals surface area contributed by atoms with Gasteiger partial charge in [0.05, 0.1) is 16.4 Å². The monoisotopic (exact) mass is 235 g/mol. The van der Waals surface area contributed by atoms with E-state index in [0.717, 1.165) is 24.4 Å². The predicted molar refractivity (Wildman–Crippen MR) is 60.6 cm³/mol. The van der Waals surface area contributed by atoms with Gasteiger partial charge in [-0.05, 0) is 41.5 Å². The second-order valence-corrected chi connectivity index (χ2v) is 4.34. The molecule has 3 rings (SSSR count). The van der Waals surface area contributed by atoms with Crippen LogP contribution in [0, 0.1) is 0 Å². The molecule has 82 valence electrons. The number of halogens is 1. The van der Waals surface area contributed by atoms with Crippen LogP contribution in [-0.2, 0) is 0 Å². The molecule has 6 heteroatoms. The first-order valence-corrected chi connectivity index (χ1v) is 5.47. The zero-order valence-corrected chi connectivity index (χ0v) is 9.22. The lowest BCUT2D eigenvalue weighted by molar-refractivity contribution is 0.763. The Labute approximate surface area is 97.2 Å². The van der Waals surface area contributed by atoms with E-state index in [1.54, 1.807) is 16.8 Å². The number of anilines is 1. The van der Waals surface area contributed by atoms with E-state index in [4.69, 9.17) is 17.3 Å². The molecule has 1 heterocycles. The van der Waals surface area contributed by atoms with Crippen molar-refractivity contribution in [2.75, 3.05) is 5.73 Å². The fourth-order valence-electron chi connectivity index (χ4n) is 1.64. The Morgan fingerprint density at radius 1 is 1.38 bits per heavy atom. The van der Waals surface area contributed by atoms with E-state index in [-0.39, 0.29) is 0 Å². The fourth-order valence-corrected chi connectivity index (χ4v) is 1.75. The van der Waals surface area contributed by atoms with Crippen molar-refractivity contribution in [1.29, 1.82) is 0 Å². The zero-order valence-electron chi connectivity index (χ0n) is 8.47. The number of hydrogen-bond acceptors (Lipinski definition) is 4. The molecule has 2 aromatic rings. The number of benzene rings is 1. The normalized spacial score (nSPS) is 15.3. The lowest BCUT2D eigenvalue weighted by atomic mass is 10.2. The summed E-state index contributed by atoms with van der Waals surface area (Å²) in [5.41, 5.74) is 7.15. The second-order valence-electron chi connectivity index (χ2n) is 3.93. The summed E-state index contributed by atoms with van der Waals surface area (Å²) in [6.45, 7) is 0. The molecule has 1 fully saturated rings. The Morgan fingerprint density at radius 3 is 2.88 bits per heavy atom. The zero-order chi connectivity index (χ0) is 11.1. The van der Waals surface area contributed by atoms with E-state index in [1.807, 2.05) is 6.07 Å². The Balaban J connectivity index is 2.07. The molecular formula is C10H10ClN5. The molecule has 16 heavy (non-hydrogen) atoms. The summed E-state index contributed by atoms with van der Waals surface area (Å²) in [6.07, 6.45) is 2.31. The van der Waals surface area contributed by atoms with Crippen LogP contribution in [0.1, 0.15) is 24.6 Å². The van der Waals surface area contributed by atoms with Crippen molar-refractivity contribution in [3.05, 3.63) is 29.0 Å². The largest absolute Gasteiger partial charge is 0.397 e. The molecule has 0 amide bonds. The molecule has 0 saturated heterocycles. The average Bonchev–Trinajstić information content (AvgIpc) is 3.01. The summed E-state index contributed by atoms with van der Waals surface area (Å²) in [4.78, 5) is 0. The van der Waals surface area contributed by atoms with Gasteiger partial charge in [-0.15, -0.1) is 5.10 Å². The second kappa shape index (κ2) is 3.45. The van der Waals surface area contributed by atoms with Gasteiger partial charge < -0.3 is 5.73 Å². The molecule has 5 nitrogen and oxygen atoms in total. The molecule has 1 aliphatic carbocycles. The standard InChI is InChI=1S/C10H10ClN5/c11-8-4-3-7(5-9(8)12)16-10(6-1-2-6)13-14-15-16/h3-6H,1-2,12H2. The topological polar surface area (TPSA) is 69.6 Å². The van der Waals surface area contributed by atoms with Crippen LogP contribution >= 0.6 is 11.6 Å². The molecule has 0 aliphatic heterocycles. The van der Waals surface area contributed by atoms with Gasteiger partial charge in [0.15, 0.2) is 5.82 Å². The molecule has 2 N–H and O–H groups in total. The first-order chi connectivity index (χ1) is 7.75. The Morgan fingerprint density at radius 2 is 2.19 bits per heavy atom. The fraction of sp³-hybridized carbons (Fsp3) is 0.300. The van der Waals surface area contributed by atoms with Crippen molar-refractivity contribution in [2.45, 2.75) is 18.8 Å². The van der Waals surface area contributed by atoms with Crippen LogP contribution < -0.4 is 5.73 Å². The number of rotatable bonds is 2. The SMILES string of the molecule is Nc1cc(-n2nnnc2C2CC2)ccc1Cl. The Bertz CT molecular complexity index is 532. The summed E-state index contributed by atoms with van der Waals surface area (Å²) in [5, 5.41) is 12.3. The van der Waals surface area contributed by atoms with Crippen LogP contribution in [0.15, 0.2) is 18.2 Å². The number of hydrogen-bond donors (Lipinski definition) is 1. The van der Waals surface area contributed by atoms with E-state index in [1.165, 1.54) is 0 Å². The van der Waals surface area contributed by atoms with Gasteiger partial charge in [-0.1, -0.05) is 11.6 Å². The lowest BCUT2D eigenvalue weighted by Crippen LogP contribution is -2.02. The van der Waals surface area contributed by atoms with Crippen LogP contribution in [0.3, 0.4) is 0 Å². The molecule has 0 bridgehead atoms. The third-order valence-electron chi connectivity index (χ3n) is 2.66. The molecule has 0 radical (unpaired) electrons. The van der Waals surface area contributed by atoms with E-state index in [9.17, 15) is 0 Å². The summed E-state index contributed by atoms with van der Waals surface area (Å²) in [7, 11) is 0. The van der Waals surface area contributed by atoms with Crippen molar-refractivity contribution in [2.24, 2.45) is 0 Å². The van der Waals surface area contributed by atoms with Crippen molar-refractivity contribution in [1.82, 2.24) is 20.2 Å². The highest BCUT2D eigenvalue weighted by Crippen LogP contribution is 2.39. The first kappa shape index (κ1) is 9.59. The Hall–Kier alpha value is -1.62. The summed E-state index contributed by atoms with van der Waals surface area (Å²) >= 11 is 5.87. The summed E-state index contributed by atoms with van der Waals surface area (Å²) < 4.78 is 1.73. The van der Waals surface area contributed by atoms with Gasteiger partial charge in [0.25, 0.3) is 0 Å². The Kier molecular flexibility index (Phi) is 2.07. The highest BCUT2D eigenvalue weighted by molar-refractivity contribution is 6.33. The summed E-state index contributed by atoms with van der Waals surface area (Å²) in [6, 6.07) is 5.40. The summed E-state index contributed by atoms with van der Waals surface area (Å²) in [5.74, 6) is 1.40. The van der Waals surface area contributed by atoms with Gasteiger partial charge in [0.2, 0.25) is 0 Å². The maximum atomic E-state index is 5.87. The van der Waals surface area contributed by atoms with Crippen LogP contribution in [0.5, 0.6) is 0 Å². The smallest absolute Gasteiger partial charge is 0.159 e. The highest BCUT2D eigenvalue weighted by Gasteiger charge is 2.29. The van der Waals surface area contributed by atoms with Crippen molar-refractivity contribution in [3.8, 4) is 5.69 Å². The van der Waals surface area contributed by atoms with Crippen LogP contribution in [0.4, 0.5) is 5.69 Å². The minimum atomic E-state index is 0.493. The molecule has 0 spiro atoms. The van der Waals surface area contributed by atoms with Crippen molar-refractivity contribution >= 4 is 17.3 Å². The predicted octanol–water partition coefficient (Wildman–Crippen LogP) is 1.78. The van der Waals surface area contributed by atoms with Gasteiger partial charge in [-0.3, -0.25) is 0 Å². The molecular weight excluding hydrogens is 226 g/mol. The van der Waals surface area contributed by atoms with Crippen LogP contribution in [-0.4, -0.2) is 20.2 Å². The van der Waals surface area contributed by atoms with Gasteiger partial charge in [0, 0.05) is 5.92 Å². The molecule has 1 aromatic heterocycles. The number of nitrogen functional groups attached to an aromatic ring is 1. The van der Waals surface area contributed by atoms with E-state index >= 15 is 0 Å². The van der Waals surface area contributed by atoms with Crippen molar-refractivity contribution < 1.29 is 0 Å². The number of nitrogens with two attached hydrogens (primary N) is 1. The van der Waals surface area contributed by atoms with Gasteiger partial charge in [-0.25, -0.2) is 0 Å². The maximum Gasteiger partial charge on any atom is 0.159 e. The average molecular weight is 236 g/mol. The van der Waals surface area contributed by atoms with E-state index in [2.05, 4.69) is 15.5 Å². The molecule has 0 unspecified atom stereocenters. The first-order valence-electron chi connectivity index (χ1n) is 5.09. The lowest BCUT2D eigenvalue weighted by Gasteiger charge is -2.05. The number of aromatic nitrogens is 4. The molecule has 1 aliphatic rings. The van der Waals surface area contributed by atoms with E-state index in [0.29, 0.717) is 16.6 Å². The van der Waals surface area contributed by atoms with Gasteiger partial charge in [-0.2, -0.15) is 4.68 Å². The quantitative estimate of drug-likeness (QED) is 0.806. The number of tetrazole rings is 1. The van der Waals surface area contributed by atoms with E-state index < -0.39 is 0 Å². The van der Waals surface area contributed by atoms with Gasteiger partial charge >= 0.3 is 0 Å². The number of nitrogens with zero attached hydrogens (tertiary/aromatic N) is 4. The third-order valence-corrected chi connectivity index (χ3v) is 3.00. The van der Waals surface area contributed by atoms with Crippen LogP contribution in [0.2, 0.25) is 5.02 Å². The molecule has 0 atom stereocenters. The minimum absolute atomic E-state index is 0.493. The highest BCUT2D eigenvalue weighted by atomic mass is 35.5. The van der Waals surface area contributed by atoms with Crippen molar-refractivity contribution in [3.63, 3.8) is 0 Å². The van der Waals surface area contributed by atoms with Gasteiger partial charge in [0.1, 0.15) is 0 Å². The van der Waals surface area contributed by atoms with Crippen LogP contribution in [0.25, 0.3) is 5.69 Å². The maximum absolute atomic E-state index is 5.87. The third kappa shape index (κ3) is 1.53. The minimum Gasteiger partial charge on any atom is -0.397 e.